The first-order valence-electron chi connectivity index (χ1n) is 3.74. The van der Waals surface area contributed by atoms with Gasteiger partial charge in [0.05, 0.1) is 10.0 Å². The zero-order chi connectivity index (χ0) is 10.6. The standard InChI is InChI=1S/C8H8Cl2N2O2/c9-6-2-1-5(3-7(6)10)12-8(14)11-4-13/h1-3,13H,4H2,(H2,11,12,14). The molecule has 4 nitrogen and oxygen atoms in total. The van der Waals surface area contributed by atoms with Crippen molar-refractivity contribution < 1.29 is 9.90 Å². The van der Waals surface area contributed by atoms with Gasteiger partial charge in [0.25, 0.3) is 0 Å². The molecule has 0 aliphatic heterocycles. The Kier molecular flexibility index (Phi) is 4.00. The van der Waals surface area contributed by atoms with Crippen LogP contribution >= 0.6 is 23.2 Å². The molecular formula is C8H8Cl2N2O2. The molecule has 0 aliphatic carbocycles. The van der Waals surface area contributed by atoms with Gasteiger partial charge in [-0.1, -0.05) is 23.2 Å². The highest BCUT2D eigenvalue weighted by Crippen LogP contribution is 2.24. The summed E-state index contributed by atoms with van der Waals surface area (Å²) in [5.74, 6) is 0. The molecule has 0 spiro atoms. The molecule has 14 heavy (non-hydrogen) atoms. The molecule has 0 unspecified atom stereocenters. The average molecular weight is 235 g/mol. The predicted molar refractivity (Wildman–Crippen MR) is 55.7 cm³/mol. The number of rotatable bonds is 2. The van der Waals surface area contributed by atoms with Crippen LogP contribution in [0.25, 0.3) is 0 Å². The van der Waals surface area contributed by atoms with E-state index in [2.05, 4.69) is 10.6 Å². The second kappa shape index (κ2) is 5.05. The Morgan fingerprint density at radius 2 is 2.07 bits per heavy atom. The number of carbonyl (C=O) groups excluding carboxylic acids is 1. The van der Waals surface area contributed by atoms with Crippen molar-refractivity contribution in [1.29, 1.82) is 0 Å². The number of hydrogen-bond acceptors (Lipinski definition) is 2. The molecule has 3 N–H and O–H groups in total. The number of nitrogens with one attached hydrogen (secondary N) is 2. The van der Waals surface area contributed by atoms with Crippen LogP contribution in [0.4, 0.5) is 10.5 Å². The largest absolute Gasteiger partial charge is 0.376 e. The fourth-order valence-electron chi connectivity index (χ4n) is 0.821. The zero-order valence-corrected chi connectivity index (χ0v) is 8.56. The number of benzene rings is 1. The third-order valence-electron chi connectivity index (χ3n) is 1.42. The molecule has 6 heteroatoms. The number of aliphatic hydroxyl groups excluding tert-OH is 1. The second-order valence-electron chi connectivity index (χ2n) is 2.42. The van der Waals surface area contributed by atoms with Crippen LogP contribution in [-0.4, -0.2) is 17.9 Å². The van der Waals surface area contributed by atoms with E-state index < -0.39 is 12.8 Å². The summed E-state index contributed by atoms with van der Waals surface area (Å²) in [6.45, 7) is -0.423. The minimum atomic E-state index is -0.508. The summed E-state index contributed by atoms with van der Waals surface area (Å²) in [5.41, 5.74) is 0.505. The van der Waals surface area contributed by atoms with Crippen LogP contribution in [-0.2, 0) is 0 Å². The van der Waals surface area contributed by atoms with Crippen molar-refractivity contribution in [2.75, 3.05) is 12.0 Å². The van der Waals surface area contributed by atoms with E-state index in [4.69, 9.17) is 28.3 Å². The highest BCUT2D eigenvalue weighted by molar-refractivity contribution is 6.42. The quantitative estimate of drug-likeness (QED) is 0.687. The number of hydrogen-bond donors (Lipinski definition) is 3. The van der Waals surface area contributed by atoms with Gasteiger partial charge in [-0.2, -0.15) is 0 Å². The van der Waals surface area contributed by atoms with Crippen molar-refractivity contribution in [3.05, 3.63) is 28.2 Å². The van der Waals surface area contributed by atoms with Crippen molar-refractivity contribution >= 4 is 34.9 Å². The number of urea groups is 1. The third kappa shape index (κ3) is 3.06. The van der Waals surface area contributed by atoms with E-state index in [9.17, 15) is 4.79 Å². The van der Waals surface area contributed by atoms with E-state index in [0.29, 0.717) is 15.7 Å². The molecule has 76 valence electrons. The molecule has 0 heterocycles. The van der Waals surface area contributed by atoms with Gasteiger partial charge >= 0.3 is 6.03 Å². The summed E-state index contributed by atoms with van der Waals surface area (Å²) in [5, 5.41) is 13.8. The van der Waals surface area contributed by atoms with Crippen molar-refractivity contribution in [2.45, 2.75) is 0 Å². The Labute approximate surface area is 90.8 Å². The Morgan fingerprint density at radius 1 is 1.36 bits per heavy atom. The molecule has 1 aromatic rings. The number of halogens is 2. The molecule has 2 amide bonds. The number of aliphatic hydroxyl groups is 1. The first kappa shape index (κ1) is 11.1. The van der Waals surface area contributed by atoms with Crippen LogP contribution in [0.1, 0.15) is 0 Å². The highest BCUT2D eigenvalue weighted by Gasteiger charge is 2.02. The maximum absolute atomic E-state index is 11.0. The summed E-state index contributed by atoms with van der Waals surface area (Å²) < 4.78 is 0. The van der Waals surface area contributed by atoms with Gasteiger partial charge in [-0.3, -0.25) is 0 Å². The van der Waals surface area contributed by atoms with Crippen molar-refractivity contribution in [3.63, 3.8) is 0 Å². The van der Waals surface area contributed by atoms with E-state index in [1.165, 1.54) is 6.07 Å². The van der Waals surface area contributed by atoms with E-state index in [-0.39, 0.29) is 0 Å². The maximum Gasteiger partial charge on any atom is 0.321 e. The van der Waals surface area contributed by atoms with Crippen LogP contribution in [0.3, 0.4) is 0 Å². The maximum atomic E-state index is 11.0. The Balaban J connectivity index is 2.68. The smallest absolute Gasteiger partial charge is 0.321 e. The van der Waals surface area contributed by atoms with Crippen molar-refractivity contribution in [3.8, 4) is 0 Å². The SMILES string of the molecule is O=C(NCO)Nc1ccc(Cl)c(Cl)c1. The lowest BCUT2D eigenvalue weighted by atomic mass is 10.3. The highest BCUT2D eigenvalue weighted by atomic mass is 35.5. The van der Waals surface area contributed by atoms with Gasteiger partial charge in [-0.15, -0.1) is 0 Å². The first-order valence-corrected chi connectivity index (χ1v) is 4.50. The fourth-order valence-corrected chi connectivity index (χ4v) is 1.12. The molecule has 0 aromatic heterocycles. The van der Waals surface area contributed by atoms with Crippen molar-refractivity contribution in [2.24, 2.45) is 0 Å². The molecule has 0 atom stereocenters. The molecule has 0 bridgehead atoms. The zero-order valence-electron chi connectivity index (χ0n) is 7.05. The summed E-state index contributed by atoms with van der Waals surface area (Å²) >= 11 is 11.4. The molecule has 0 radical (unpaired) electrons. The summed E-state index contributed by atoms with van der Waals surface area (Å²) in [6.07, 6.45) is 0. The minimum Gasteiger partial charge on any atom is -0.376 e. The van der Waals surface area contributed by atoms with E-state index in [1.807, 2.05) is 0 Å². The molecule has 0 fully saturated rings. The number of carbonyl (C=O) groups is 1. The lowest BCUT2D eigenvalue weighted by Crippen LogP contribution is -2.29. The molecule has 1 aromatic carbocycles. The second-order valence-corrected chi connectivity index (χ2v) is 3.23. The van der Waals surface area contributed by atoms with Crippen molar-refractivity contribution in [1.82, 2.24) is 5.32 Å². The first-order chi connectivity index (χ1) is 6.63. The molecule has 0 aliphatic rings. The molecule has 1 rings (SSSR count). The van der Waals surface area contributed by atoms with Crippen LogP contribution in [0.2, 0.25) is 10.0 Å². The van der Waals surface area contributed by atoms with Crippen LogP contribution in [0.15, 0.2) is 18.2 Å². The summed E-state index contributed by atoms with van der Waals surface area (Å²) in [6, 6.07) is 4.18. The number of amides is 2. The van der Waals surface area contributed by atoms with Gasteiger partial charge in [0.2, 0.25) is 0 Å². The monoisotopic (exact) mass is 234 g/mol. The molecular weight excluding hydrogens is 227 g/mol. The fraction of sp³-hybridized carbons (Fsp3) is 0.125. The van der Waals surface area contributed by atoms with Gasteiger partial charge in [0.15, 0.2) is 0 Å². The van der Waals surface area contributed by atoms with E-state index in [1.54, 1.807) is 12.1 Å². The summed E-state index contributed by atoms with van der Waals surface area (Å²) in [4.78, 5) is 11.0. The van der Waals surface area contributed by atoms with Crippen LogP contribution < -0.4 is 10.6 Å². The van der Waals surface area contributed by atoms with Gasteiger partial charge in [0.1, 0.15) is 6.73 Å². The van der Waals surface area contributed by atoms with E-state index >= 15 is 0 Å². The summed E-state index contributed by atoms with van der Waals surface area (Å²) in [7, 11) is 0. The Morgan fingerprint density at radius 3 is 2.64 bits per heavy atom. The predicted octanol–water partition coefficient (Wildman–Crippen LogP) is 2.06. The lowest BCUT2D eigenvalue weighted by Gasteiger charge is -2.05. The number of anilines is 1. The van der Waals surface area contributed by atoms with Gasteiger partial charge in [-0.25, -0.2) is 4.79 Å². The van der Waals surface area contributed by atoms with Gasteiger partial charge < -0.3 is 15.7 Å². The molecule has 0 saturated carbocycles. The lowest BCUT2D eigenvalue weighted by molar-refractivity contribution is 0.228. The Hall–Kier alpha value is -0.970. The average Bonchev–Trinajstić information content (AvgIpc) is 2.12. The Bertz CT molecular complexity index is 344. The van der Waals surface area contributed by atoms with Gasteiger partial charge in [0, 0.05) is 5.69 Å². The molecule has 0 saturated heterocycles. The van der Waals surface area contributed by atoms with Crippen LogP contribution in [0.5, 0.6) is 0 Å². The van der Waals surface area contributed by atoms with Gasteiger partial charge in [-0.05, 0) is 18.2 Å². The van der Waals surface area contributed by atoms with E-state index in [0.717, 1.165) is 0 Å². The topological polar surface area (TPSA) is 61.4 Å². The normalized spacial score (nSPS) is 9.64. The minimum absolute atomic E-state index is 0.355. The van der Waals surface area contributed by atoms with Crippen LogP contribution in [0, 0.1) is 0 Å². The third-order valence-corrected chi connectivity index (χ3v) is 2.16.